The molecule has 0 saturated carbocycles. The number of aromatic amines is 1. The average Bonchev–Trinajstić information content (AvgIpc) is 2.53. The molecular formula is C11H15N. The number of nitrogens with one attached hydrogen (secondary N) is 1. The Bertz CT molecular complexity index is 347. The molecule has 0 atom stereocenters. The van der Waals surface area contributed by atoms with Gasteiger partial charge in [-0.1, -0.05) is 32.0 Å². The Balaban J connectivity index is 0.000000336. The van der Waals surface area contributed by atoms with Gasteiger partial charge in [0.15, 0.2) is 0 Å². The largest absolute Gasteiger partial charge is 0.361 e. The fourth-order valence-electron chi connectivity index (χ4n) is 1.22. The third-order valence-corrected chi connectivity index (χ3v) is 1.80. The van der Waals surface area contributed by atoms with Crippen molar-refractivity contribution in [1.29, 1.82) is 0 Å². The minimum atomic E-state index is 1.22. The van der Waals surface area contributed by atoms with Crippen LogP contribution in [0.1, 0.15) is 19.4 Å². The van der Waals surface area contributed by atoms with Gasteiger partial charge in [-0.3, -0.25) is 0 Å². The van der Waals surface area contributed by atoms with Crippen LogP contribution >= 0.6 is 0 Å². The smallest absolute Gasteiger partial charge is 0.0456 e. The summed E-state index contributed by atoms with van der Waals surface area (Å²) in [5.74, 6) is 0. The van der Waals surface area contributed by atoms with E-state index in [-0.39, 0.29) is 0 Å². The molecule has 64 valence electrons. The predicted molar refractivity (Wildman–Crippen MR) is 54.4 cm³/mol. The fraction of sp³-hybridized carbons (Fsp3) is 0.273. The molecule has 0 aliphatic carbocycles. The number of aryl methyl sites for hydroxylation is 1. The van der Waals surface area contributed by atoms with Crippen LogP contribution in [-0.4, -0.2) is 4.98 Å². The number of H-pyrrole nitrogens is 1. The first-order valence-electron chi connectivity index (χ1n) is 4.40. The van der Waals surface area contributed by atoms with Crippen molar-refractivity contribution in [2.45, 2.75) is 20.8 Å². The number of hydrogen-bond donors (Lipinski definition) is 1. The maximum atomic E-state index is 3.19. The normalized spacial score (nSPS) is 9.25. The summed E-state index contributed by atoms with van der Waals surface area (Å²) in [6.45, 7) is 6.11. The van der Waals surface area contributed by atoms with Crippen LogP contribution < -0.4 is 0 Å². The highest BCUT2D eigenvalue weighted by Crippen LogP contribution is 2.15. The van der Waals surface area contributed by atoms with Gasteiger partial charge in [0, 0.05) is 17.1 Å². The minimum absolute atomic E-state index is 1.22. The first kappa shape index (κ1) is 8.85. The maximum absolute atomic E-state index is 3.19. The molecular weight excluding hydrogens is 146 g/mol. The fourth-order valence-corrected chi connectivity index (χ4v) is 1.22. The first-order chi connectivity index (χ1) is 5.88. The predicted octanol–water partition coefficient (Wildman–Crippen LogP) is 3.50. The summed E-state index contributed by atoms with van der Waals surface area (Å²) in [7, 11) is 0. The van der Waals surface area contributed by atoms with Crippen molar-refractivity contribution in [3.05, 3.63) is 36.0 Å². The molecule has 0 aliphatic rings. The molecule has 1 aromatic carbocycles. The number of para-hydroxylation sites is 1. The van der Waals surface area contributed by atoms with Gasteiger partial charge in [0.1, 0.15) is 0 Å². The molecule has 0 amide bonds. The van der Waals surface area contributed by atoms with E-state index in [1.165, 1.54) is 16.5 Å². The van der Waals surface area contributed by atoms with Crippen LogP contribution in [0.5, 0.6) is 0 Å². The highest BCUT2D eigenvalue weighted by molar-refractivity contribution is 5.82. The molecule has 0 spiro atoms. The highest BCUT2D eigenvalue weighted by Gasteiger charge is 1.94. The van der Waals surface area contributed by atoms with Crippen molar-refractivity contribution < 1.29 is 0 Å². The lowest BCUT2D eigenvalue weighted by molar-refractivity contribution is 1.43. The second kappa shape index (κ2) is 3.96. The Labute approximate surface area is 73.4 Å². The molecule has 1 heterocycles. The van der Waals surface area contributed by atoms with Crippen LogP contribution in [0.2, 0.25) is 0 Å². The van der Waals surface area contributed by atoms with E-state index >= 15 is 0 Å². The maximum Gasteiger partial charge on any atom is 0.0456 e. The number of fused-ring (bicyclic) bond motifs is 1. The van der Waals surface area contributed by atoms with E-state index in [1.807, 2.05) is 26.1 Å². The van der Waals surface area contributed by atoms with E-state index in [2.05, 4.69) is 30.1 Å². The topological polar surface area (TPSA) is 15.8 Å². The van der Waals surface area contributed by atoms with Crippen LogP contribution in [0, 0.1) is 6.92 Å². The summed E-state index contributed by atoms with van der Waals surface area (Å²) in [5.41, 5.74) is 2.54. The van der Waals surface area contributed by atoms with E-state index in [0.717, 1.165) is 0 Å². The van der Waals surface area contributed by atoms with Crippen molar-refractivity contribution in [3.8, 4) is 0 Å². The summed E-state index contributed by atoms with van der Waals surface area (Å²) in [6.07, 6.45) is 2.03. The van der Waals surface area contributed by atoms with Gasteiger partial charge in [0.2, 0.25) is 0 Å². The highest BCUT2D eigenvalue weighted by atomic mass is 14.7. The Hall–Kier alpha value is -1.24. The monoisotopic (exact) mass is 161 g/mol. The molecule has 0 radical (unpaired) electrons. The molecule has 12 heavy (non-hydrogen) atoms. The molecule has 0 unspecified atom stereocenters. The van der Waals surface area contributed by atoms with Gasteiger partial charge in [-0.05, 0) is 18.6 Å². The van der Waals surface area contributed by atoms with Gasteiger partial charge in [-0.15, -0.1) is 0 Å². The van der Waals surface area contributed by atoms with Gasteiger partial charge < -0.3 is 4.98 Å². The second-order valence-electron chi connectivity index (χ2n) is 2.52. The third-order valence-electron chi connectivity index (χ3n) is 1.80. The quantitative estimate of drug-likeness (QED) is 0.608. The minimum Gasteiger partial charge on any atom is -0.361 e. The summed E-state index contributed by atoms with van der Waals surface area (Å²) >= 11 is 0. The molecule has 0 aliphatic heterocycles. The van der Waals surface area contributed by atoms with E-state index in [0.29, 0.717) is 0 Å². The molecule has 1 aromatic heterocycles. The van der Waals surface area contributed by atoms with Crippen molar-refractivity contribution in [2.24, 2.45) is 0 Å². The molecule has 2 rings (SSSR count). The Kier molecular flexibility index (Phi) is 2.92. The van der Waals surface area contributed by atoms with Crippen LogP contribution in [0.4, 0.5) is 0 Å². The van der Waals surface area contributed by atoms with Crippen LogP contribution in [0.25, 0.3) is 10.9 Å². The molecule has 0 bridgehead atoms. The number of hydrogen-bond acceptors (Lipinski definition) is 0. The van der Waals surface area contributed by atoms with Crippen LogP contribution in [0.3, 0.4) is 0 Å². The zero-order valence-electron chi connectivity index (χ0n) is 7.89. The SMILES string of the molecule is CC.Cc1c[nH]c2ccccc12. The van der Waals surface area contributed by atoms with E-state index in [1.54, 1.807) is 0 Å². The van der Waals surface area contributed by atoms with E-state index < -0.39 is 0 Å². The summed E-state index contributed by atoms with van der Waals surface area (Å²) < 4.78 is 0. The summed E-state index contributed by atoms with van der Waals surface area (Å²) in [5, 5.41) is 1.32. The Morgan fingerprint density at radius 2 is 1.75 bits per heavy atom. The van der Waals surface area contributed by atoms with Crippen molar-refractivity contribution >= 4 is 10.9 Å². The average molecular weight is 161 g/mol. The van der Waals surface area contributed by atoms with Gasteiger partial charge in [-0.25, -0.2) is 0 Å². The molecule has 2 aromatic rings. The van der Waals surface area contributed by atoms with Crippen LogP contribution in [-0.2, 0) is 0 Å². The lowest BCUT2D eigenvalue weighted by atomic mass is 10.2. The lowest BCUT2D eigenvalue weighted by Crippen LogP contribution is -1.64. The summed E-state index contributed by atoms with van der Waals surface area (Å²) in [6, 6.07) is 8.31. The molecule has 0 fully saturated rings. The number of benzene rings is 1. The van der Waals surface area contributed by atoms with Gasteiger partial charge in [0.05, 0.1) is 0 Å². The standard InChI is InChI=1S/C9H9N.C2H6/c1-7-6-10-9-5-3-2-4-8(7)9;1-2/h2-6,10H,1H3;1-2H3. The van der Waals surface area contributed by atoms with Crippen molar-refractivity contribution in [3.63, 3.8) is 0 Å². The van der Waals surface area contributed by atoms with Crippen LogP contribution in [0.15, 0.2) is 30.5 Å². The molecule has 1 heteroatoms. The Morgan fingerprint density at radius 3 is 2.42 bits per heavy atom. The first-order valence-corrected chi connectivity index (χ1v) is 4.40. The Morgan fingerprint density at radius 1 is 1.08 bits per heavy atom. The third kappa shape index (κ3) is 1.50. The lowest BCUT2D eigenvalue weighted by Gasteiger charge is -1.86. The van der Waals surface area contributed by atoms with Crippen molar-refractivity contribution in [1.82, 2.24) is 4.98 Å². The molecule has 1 N–H and O–H groups in total. The van der Waals surface area contributed by atoms with Crippen molar-refractivity contribution in [2.75, 3.05) is 0 Å². The number of aromatic nitrogens is 1. The zero-order valence-corrected chi connectivity index (χ0v) is 7.89. The zero-order chi connectivity index (χ0) is 8.97. The summed E-state index contributed by atoms with van der Waals surface area (Å²) in [4.78, 5) is 3.19. The molecule has 0 saturated heterocycles. The number of rotatable bonds is 0. The second-order valence-corrected chi connectivity index (χ2v) is 2.52. The van der Waals surface area contributed by atoms with Gasteiger partial charge in [0.25, 0.3) is 0 Å². The van der Waals surface area contributed by atoms with E-state index in [4.69, 9.17) is 0 Å². The van der Waals surface area contributed by atoms with E-state index in [9.17, 15) is 0 Å². The molecule has 1 nitrogen and oxygen atoms in total. The van der Waals surface area contributed by atoms with Gasteiger partial charge in [-0.2, -0.15) is 0 Å². The van der Waals surface area contributed by atoms with Gasteiger partial charge >= 0.3 is 0 Å².